The Bertz CT molecular complexity index is 419. The summed E-state index contributed by atoms with van der Waals surface area (Å²) in [6.45, 7) is 0.115. The van der Waals surface area contributed by atoms with Gasteiger partial charge in [-0.15, -0.1) is 0 Å². The Balaban J connectivity index is 2.78. The van der Waals surface area contributed by atoms with Crippen LogP contribution >= 0.6 is 46.1 Å². The lowest BCUT2D eigenvalue weighted by atomic mass is 10.2. The minimum absolute atomic E-state index is 0.0883. The maximum absolute atomic E-state index is 13.3. The van der Waals surface area contributed by atoms with Crippen LogP contribution in [0.4, 0.5) is 4.39 Å². The van der Waals surface area contributed by atoms with E-state index in [4.69, 9.17) is 27.9 Å². The molecule has 16 heavy (non-hydrogen) atoms. The highest BCUT2D eigenvalue weighted by molar-refractivity contribution is 14.1. The molecule has 0 aliphatic heterocycles. The summed E-state index contributed by atoms with van der Waals surface area (Å²) >= 11 is 12.6. The summed E-state index contributed by atoms with van der Waals surface area (Å²) < 4.78 is 22.3. The first-order valence-electron chi connectivity index (χ1n) is 4.21. The Hall–Kier alpha value is -0.330. The zero-order chi connectivity index (χ0) is 12.0. The Morgan fingerprint density at radius 2 is 2.25 bits per heavy atom. The summed E-state index contributed by atoms with van der Waals surface area (Å²) in [6, 6.07) is 4.47. The molecular formula is C10H7Cl2FINO. The maximum atomic E-state index is 13.3. The molecule has 0 saturated carbocycles. The number of hydrogen-bond donors (Lipinski definition) is 0. The van der Waals surface area contributed by atoms with Crippen molar-refractivity contribution in [3.8, 4) is 5.75 Å². The highest BCUT2D eigenvalue weighted by Crippen LogP contribution is 2.18. The molecule has 0 aliphatic carbocycles. The number of hydrogen-bond acceptors (Lipinski definition) is 2. The van der Waals surface area contributed by atoms with Gasteiger partial charge in [-0.3, -0.25) is 0 Å². The van der Waals surface area contributed by atoms with E-state index >= 15 is 0 Å². The average molecular weight is 374 g/mol. The fourth-order valence-electron chi connectivity index (χ4n) is 0.962. The smallest absolute Gasteiger partial charge is 0.165 e. The van der Waals surface area contributed by atoms with Gasteiger partial charge in [0.05, 0.1) is 22.9 Å². The van der Waals surface area contributed by atoms with Crippen LogP contribution in [-0.2, 0) is 0 Å². The van der Waals surface area contributed by atoms with Crippen molar-refractivity contribution >= 4 is 52.3 Å². The first-order chi connectivity index (χ1) is 7.63. The van der Waals surface area contributed by atoms with Gasteiger partial charge in [0, 0.05) is 6.21 Å². The largest absolute Gasteiger partial charge is 0.486 e. The van der Waals surface area contributed by atoms with Crippen LogP contribution in [0.15, 0.2) is 32.0 Å². The van der Waals surface area contributed by atoms with Crippen molar-refractivity contribution in [2.75, 3.05) is 6.61 Å². The highest BCUT2D eigenvalue weighted by atomic mass is 127. The zero-order valence-electron chi connectivity index (χ0n) is 7.96. The molecule has 2 nitrogen and oxygen atoms in total. The van der Waals surface area contributed by atoms with E-state index in [1.165, 1.54) is 12.1 Å². The summed E-state index contributed by atoms with van der Waals surface area (Å²) in [4.78, 5) is 0. The van der Waals surface area contributed by atoms with Gasteiger partial charge in [0.2, 0.25) is 0 Å². The molecule has 0 N–H and O–H groups in total. The molecule has 1 rings (SSSR count). The van der Waals surface area contributed by atoms with Crippen LogP contribution in [0.25, 0.3) is 0 Å². The van der Waals surface area contributed by atoms with Gasteiger partial charge in [-0.1, -0.05) is 29.3 Å². The molecule has 0 unspecified atom stereocenters. The molecule has 0 aliphatic rings. The molecule has 6 heteroatoms. The van der Waals surface area contributed by atoms with Gasteiger partial charge in [-0.05, 0) is 23.8 Å². The molecular weight excluding hydrogens is 367 g/mol. The second-order valence-corrected chi connectivity index (χ2v) is 4.29. The van der Waals surface area contributed by atoms with Crippen LogP contribution < -0.4 is 4.74 Å². The van der Waals surface area contributed by atoms with Gasteiger partial charge < -0.3 is 4.74 Å². The molecule has 1 aromatic carbocycles. The minimum atomic E-state index is -0.440. The number of halogens is 4. The van der Waals surface area contributed by atoms with E-state index in [9.17, 15) is 4.39 Å². The van der Waals surface area contributed by atoms with Crippen LogP contribution in [0.1, 0.15) is 5.56 Å². The third-order valence-electron chi connectivity index (χ3n) is 1.63. The van der Waals surface area contributed by atoms with Gasteiger partial charge in [0.15, 0.2) is 11.6 Å². The number of benzene rings is 1. The van der Waals surface area contributed by atoms with Crippen LogP contribution in [0.5, 0.6) is 5.75 Å². The van der Waals surface area contributed by atoms with Crippen LogP contribution in [0, 0.1) is 5.82 Å². The monoisotopic (exact) mass is 373 g/mol. The Kier molecular flexibility index (Phi) is 6.08. The predicted molar refractivity (Wildman–Crippen MR) is 73.3 cm³/mol. The van der Waals surface area contributed by atoms with E-state index in [0.29, 0.717) is 0 Å². The van der Waals surface area contributed by atoms with E-state index in [1.54, 1.807) is 18.3 Å². The predicted octanol–water partition coefficient (Wildman–Crippen LogP) is 4.29. The first-order valence-corrected chi connectivity index (χ1v) is 5.93. The summed E-state index contributed by atoms with van der Waals surface area (Å²) in [7, 11) is 0. The lowest BCUT2D eigenvalue weighted by Gasteiger charge is -2.05. The third kappa shape index (κ3) is 4.67. The quantitative estimate of drug-likeness (QED) is 0.569. The number of rotatable bonds is 4. The van der Waals surface area contributed by atoms with Crippen LogP contribution in [0.3, 0.4) is 0 Å². The average Bonchev–Trinajstić information content (AvgIpc) is 2.22. The molecule has 0 spiro atoms. The summed E-state index contributed by atoms with van der Waals surface area (Å²) in [6.07, 6.45) is 3.03. The van der Waals surface area contributed by atoms with Crippen molar-refractivity contribution in [2.24, 2.45) is 3.21 Å². The molecule has 86 valence electrons. The van der Waals surface area contributed by atoms with Crippen molar-refractivity contribution in [1.82, 2.24) is 0 Å². The van der Waals surface area contributed by atoms with Gasteiger partial charge in [-0.25, -0.2) is 7.60 Å². The molecule has 0 saturated heterocycles. The molecule has 1 aromatic rings. The zero-order valence-corrected chi connectivity index (χ0v) is 11.6. The fraction of sp³-hybridized carbons (Fsp3) is 0.100. The van der Waals surface area contributed by atoms with E-state index < -0.39 is 5.82 Å². The molecule has 0 amide bonds. The van der Waals surface area contributed by atoms with Gasteiger partial charge >= 0.3 is 0 Å². The van der Waals surface area contributed by atoms with Gasteiger partial charge in [-0.2, -0.15) is 0 Å². The van der Waals surface area contributed by atoms with Crippen LogP contribution in [0.2, 0.25) is 0 Å². The lowest BCUT2D eigenvalue weighted by molar-refractivity contribution is 0.341. The van der Waals surface area contributed by atoms with Crippen molar-refractivity contribution in [2.45, 2.75) is 0 Å². The second kappa shape index (κ2) is 7.09. The highest BCUT2D eigenvalue weighted by Gasteiger charge is 2.03. The van der Waals surface area contributed by atoms with E-state index in [0.717, 1.165) is 5.56 Å². The lowest BCUT2D eigenvalue weighted by Crippen LogP contribution is -1.97. The number of ether oxygens (including phenoxy) is 1. The van der Waals surface area contributed by atoms with E-state index in [1.807, 2.05) is 22.9 Å². The minimum Gasteiger partial charge on any atom is -0.486 e. The van der Waals surface area contributed by atoms with Gasteiger partial charge in [0.1, 0.15) is 11.1 Å². The molecule has 0 radical (unpaired) electrons. The summed E-state index contributed by atoms with van der Waals surface area (Å²) in [5.41, 5.74) is 0.756. The van der Waals surface area contributed by atoms with E-state index in [2.05, 4.69) is 3.21 Å². The Morgan fingerprint density at radius 3 is 2.88 bits per heavy atom. The van der Waals surface area contributed by atoms with Crippen molar-refractivity contribution < 1.29 is 9.13 Å². The summed E-state index contributed by atoms with van der Waals surface area (Å²) in [5, 5.41) is 0. The van der Waals surface area contributed by atoms with Crippen LogP contribution in [-0.4, -0.2) is 12.8 Å². The molecule has 0 atom stereocenters. The van der Waals surface area contributed by atoms with Crippen molar-refractivity contribution in [3.05, 3.63) is 40.1 Å². The normalized spacial score (nSPS) is 10.5. The van der Waals surface area contributed by atoms with Gasteiger partial charge in [0.25, 0.3) is 0 Å². The summed E-state index contributed by atoms with van der Waals surface area (Å²) in [5.74, 6) is -0.302. The third-order valence-corrected chi connectivity index (χ3v) is 2.22. The Morgan fingerprint density at radius 1 is 1.50 bits per heavy atom. The first kappa shape index (κ1) is 13.7. The van der Waals surface area contributed by atoms with Crippen molar-refractivity contribution in [3.63, 3.8) is 0 Å². The molecule has 0 bridgehead atoms. The molecule has 0 aromatic heterocycles. The van der Waals surface area contributed by atoms with E-state index in [-0.39, 0.29) is 16.8 Å². The second-order valence-electron chi connectivity index (χ2n) is 2.72. The van der Waals surface area contributed by atoms with Crippen molar-refractivity contribution in [1.29, 1.82) is 0 Å². The SMILES string of the molecule is Fc1ccc(C=NI)cc1OCC=C(Cl)Cl. The maximum Gasteiger partial charge on any atom is 0.165 e. The standard InChI is InChI=1S/C10H7Cl2FINO/c11-10(12)3-4-16-9-5-7(6-15-14)1-2-8(9)13/h1-3,5-6H,4H2. The Labute approximate surface area is 117 Å². The number of nitrogens with zero attached hydrogens (tertiary/aromatic N) is 1. The molecule has 0 heterocycles. The fourth-order valence-corrected chi connectivity index (χ4v) is 1.41. The molecule has 0 fully saturated rings. The topological polar surface area (TPSA) is 21.6 Å².